The van der Waals surface area contributed by atoms with Crippen LogP contribution in [0.3, 0.4) is 0 Å². The molecule has 3 aromatic carbocycles. The zero-order valence-corrected chi connectivity index (χ0v) is 19.0. The molecule has 166 valence electrons. The molecule has 0 fully saturated rings. The third kappa shape index (κ3) is 5.39. The van der Waals surface area contributed by atoms with Crippen LogP contribution < -0.4 is 5.32 Å². The standard InChI is InChI=1S/C23H18ClN5O3S/c1-15-2-10-19(11-3-15)28-22(16-4-6-17(24)7-5-16)26-27-23(28)33-14-21(30)25-18-8-12-20(13-9-18)29(31)32/h2-13H,14H2,1H3,(H,25,30). The number of amides is 1. The highest BCUT2D eigenvalue weighted by Crippen LogP contribution is 2.29. The Morgan fingerprint density at radius 3 is 2.33 bits per heavy atom. The predicted octanol–water partition coefficient (Wildman–Crippen LogP) is 5.54. The maximum atomic E-state index is 12.5. The minimum Gasteiger partial charge on any atom is -0.325 e. The first-order chi connectivity index (χ1) is 15.9. The van der Waals surface area contributed by atoms with Gasteiger partial charge in [-0.1, -0.05) is 41.1 Å². The lowest BCUT2D eigenvalue weighted by Crippen LogP contribution is -2.14. The van der Waals surface area contributed by atoms with Crippen LogP contribution >= 0.6 is 23.4 Å². The van der Waals surface area contributed by atoms with E-state index in [0.29, 0.717) is 21.7 Å². The fourth-order valence-electron chi connectivity index (χ4n) is 3.07. The number of hydrogen-bond acceptors (Lipinski definition) is 6. The molecule has 1 amide bonds. The zero-order chi connectivity index (χ0) is 23.4. The van der Waals surface area contributed by atoms with Crippen LogP contribution in [-0.2, 0) is 4.79 Å². The molecule has 0 saturated carbocycles. The summed E-state index contributed by atoms with van der Waals surface area (Å²) in [5.41, 5.74) is 3.27. The Bertz CT molecular complexity index is 1290. The van der Waals surface area contributed by atoms with Crippen molar-refractivity contribution in [3.63, 3.8) is 0 Å². The van der Waals surface area contributed by atoms with Crippen molar-refractivity contribution in [3.05, 3.63) is 93.5 Å². The molecule has 0 unspecified atom stereocenters. The topological polar surface area (TPSA) is 103 Å². The van der Waals surface area contributed by atoms with Crippen LogP contribution in [0.15, 0.2) is 78.0 Å². The summed E-state index contributed by atoms with van der Waals surface area (Å²) in [6.07, 6.45) is 0. The number of carbonyl (C=O) groups is 1. The molecule has 4 aromatic rings. The molecule has 0 spiro atoms. The van der Waals surface area contributed by atoms with Gasteiger partial charge < -0.3 is 5.32 Å². The van der Waals surface area contributed by atoms with Crippen molar-refractivity contribution in [2.45, 2.75) is 12.1 Å². The average molecular weight is 480 g/mol. The maximum absolute atomic E-state index is 12.5. The van der Waals surface area contributed by atoms with E-state index in [1.165, 1.54) is 36.0 Å². The fraction of sp³-hybridized carbons (Fsp3) is 0.0870. The number of non-ortho nitro benzene ring substituents is 1. The van der Waals surface area contributed by atoms with Gasteiger partial charge in [0.1, 0.15) is 0 Å². The molecule has 10 heteroatoms. The van der Waals surface area contributed by atoms with Crippen LogP contribution in [0.25, 0.3) is 17.1 Å². The summed E-state index contributed by atoms with van der Waals surface area (Å²) in [6, 6.07) is 20.9. The number of aromatic nitrogens is 3. The van der Waals surface area contributed by atoms with Gasteiger partial charge >= 0.3 is 0 Å². The first kappa shape index (κ1) is 22.5. The Kier molecular flexibility index (Phi) is 6.71. The van der Waals surface area contributed by atoms with E-state index in [1.807, 2.05) is 47.9 Å². The molecule has 33 heavy (non-hydrogen) atoms. The minimum atomic E-state index is -0.488. The summed E-state index contributed by atoms with van der Waals surface area (Å²) in [5.74, 6) is 0.455. The molecule has 0 bridgehead atoms. The number of benzene rings is 3. The predicted molar refractivity (Wildman–Crippen MR) is 129 cm³/mol. The van der Waals surface area contributed by atoms with E-state index < -0.39 is 4.92 Å². The van der Waals surface area contributed by atoms with Crippen molar-refractivity contribution in [2.75, 3.05) is 11.1 Å². The van der Waals surface area contributed by atoms with Crippen molar-refractivity contribution < 1.29 is 9.72 Å². The van der Waals surface area contributed by atoms with Crippen molar-refractivity contribution in [2.24, 2.45) is 0 Å². The third-order valence-corrected chi connectivity index (χ3v) is 5.90. The number of hydrogen-bond donors (Lipinski definition) is 1. The molecule has 0 saturated heterocycles. The molecule has 4 rings (SSSR count). The number of nitro groups is 1. The highest BCUT2D eigenvalue weighted by Gasteiger charge is 2.17. The van der Waals surface area contributed by atoms with Gasteiger partial charge in [-0.2, -0.15) is 0 Å². The van der Waals surface area contributed by atoms with Gasteiger partial charge in [0, 0.05) is 34.1 Å². The number of aryl methyl sites for hydroxylation is 1. The quantitative estimate of drug-likeness (QED) is 0.212. The number of rotatable bonds is 7. The van der Waals surface area contributed by atoms with Crippen molar-refractivity contribution >= 4 is 40.6 Å². The zero-order valence-electron chi connectivity index (χ0n) is 17.4. The lowest BCUT2D eigenvalue weighted by molar-refractivity contribution is -0.384. The monoisotopic (exact) mass is 479 g/mol. The summed E-state index contributed by atoms with van der Waals surface area (Å²) >= 11 is 7.27. The van der Waals surface area contributed by atoms with Gasteiger partial charge in [-0.25, -0.2) is 0 Å². The molecule has 0 aliphatic carbocycles. The minimum absolute atomic E-state index is 0.0386. The number of nitro benzene ring substituents is 1. The lowest BCUT2D eigenvalue weighted by atomic mass is 10.2. The molecule has 8 nitrogen and oxygen atoms in total. The summed E-state index contributed by atoms with van der Waals surface area (Å²) in [5, 5.41) is 23.4. The normalized spacial score (nSPS) is 10.7. The maximum Gasteiger partial charge on any atom is 0.269 e. The van der Waals surface area contributed by atoms with Crippen molar-refractivity contribution in [1.82, 2.24) is 14.8 Å². The Balaban J connectivity index is 1.55. The van der Waals surface area contributed by atoms with E-state index in [4.69, 9.17) is 11.6 Å². The summed E-state index contributed by atoms with van der Waals surface area (Å²) < 4.78 is 1.90. The molecule has 0 aliphatic heterocycles. The van der Waals surface area contributed by atoms with Crippen molar-refractivity contribution in [1.29, 1.82) is 0 Å². The highest BCUT2D eigenvalue weighted by molar-refractivity contribution is 7.99. The second kappa shape index (κ2) is 9.85. The van der Waals surface area contributed by atoms with Crippen LogP contribution in [0.1, 0.15) is 5.56 Å². The second-order valence-corrected chi connectivity index (χ2v) is 8.50. The Hall–Kier alpha value is -3.69. The molecule has 0 radical (unpaired) electrons. The van der Waals surface area contributed by atoms with Gasteiger partial charge in [0.15, 0.2) is 11.0 Å². The number of nitrogens with one attached hydrogen (secondary N) is 1. The summed E-state index contributed by atoms with van der Waals surface area (Å²) in [7, 11) is 0. The Labute approximate surface area is 198 Å². The van der Waals surface area contributed by atoms with Gasteiger partial charge in [-0.3, -0.25) is 19.5 Å². The van der Waals surface area contributed by atoms with Crippen LogP contribution in [-0.4, -0.2) is 31.3 Å². The van der Waals surface area contributed by atoms with Crippen molar-refractivity contribution in [3.8, 4) is 17.1 Å². The molecule has 0 atom stereocenters. The van der Waals surface area contributed by atoms with Gasteiger partial charge in [0.2, 0.25) is 5.91 Å². The SMILES string of the molecule is Cc1ccc(-n2c(SCC(=O)Nc3ccc([N+](=O)[O-])cc3)nnc2-c2ccc(Cl)cc2)cc1. The van der Waals surface area contributed by atoms with E-state index in [-0.39, 0.29) is 17.3 Å². The highest BCUT2D eigenvalue weighted by atomic mass is 35.5. The van der Waals surface area contributed by atoms with Gasteiger partial charge in [-0.05, 0) is 55.5 Å². The fourth-order valence-corrected chi connectivity index (χ4v) is 3.95. The Morgan fingerprint density at radius 2 is 1.70 bits per heavy atom. The van der Waals surface area contributed by atoms with Crippen LogP contribution in [0.4, 0.5) is 11.4 Å². The Morgan fingerprint density at radius 1 is 1.03 bits per heavy atom. The van der Waals surface area contributed by atoms with E-state index in [2.05, 4.69) is 15.5 Å². The van der Waals surface area contributed by atoms with E-state index in [1.54, 1.807) is 12.1 Å². The largest absolute Gasteiger partial charge is 0.325 e. The molecular formula is C23H18ClN5O3S. The smallest absolute Gasteiger partial charge is 0.269 e. The number of carbonyl (C=O) groups excluding carboxylic acids is 1. The first-order valence-electron chi connectivity index (χ1n) is 9.86. The van der Waals surface area contributed by atoms with E-state index >= 15 is 0 Å². The third-order valence-electron chi connectivity index (χ3n) is 4.72. The van der Waals surface area contributed by atoms with Gasteiger partial charge in [0.05, 0.1) is 10.7 Å². The van der Waals surface area contributed by atoms with E-state index in [9.17, 15) is 14.9 Å². The average Bonchev–Trinajstić information content (AvgIpc) is 3.23. The number of nitrogens with zero attached hydrogens (tertiary/aromatic N) is 4. The number of anilines is 1. The molecular weight excluding hydrogens is 462 g/mol. The second-order valence-electron chi connectivity index (χ2n) is 7.12. The van der Waals surface area contributed by atoms with Crippen LogP contribution in [0, 0.1) is 17.0 Å². The lowest BCUT2D eigenvalue weighted by Gasteiger charge is -2.11. The van der Waals surface area contributed by atoms with Gasteiger partial charge in [0.25, 0.3) is 5.69 Å². The molecule has 0 aliphatic rings. The molecule has 1 aromatic heterocycles. The van der Waals surface area contributed by atoms with E-state index in [0.717, 1.165) is 16.8 Å². The first-order valence-corrected chi connectivity index (χ1v) is 11.2. The van der Waals surface area contributed by atoms with Gasteiger partial charge in [-0.15, -0.1) is 10.2 Å². The molecule has 1 N–H and O–H groups in total. The number of halogens is 1. The molecule has 1 heterocycles. The number of thioether (sulfide) groups is 1. The summed E-state index contributed by atoms with van der Waals surface area (Å²) in [4.78, 5) is 22.8. The summed E-state index contributed by atoms with van der Waals surface area (Å²) in [6.45, 7) is 2.01. The van der Waals surface area contributed by atoms with Crippen LogP contribution in [0.2, 0.25) is 5.02 Å². The van der Waals surface area contributed by atoms with Crippen LogP contribution in [0.5, 0.6) is 0 Å².